The highest BCUT2D eigenvalue weighted by Gasteiger charge is 2.26. The van der Waals surface area contributed by atoms with Crippen molar-refractivity contribution in [2.24, 2.45) is 0 Å². The first-order valence-electron chi connectivity index (χ1n) is 6.10. The Morgan fingerprint density at radius 3 is 2.89 bits per heavy atom. The maximum absolute atomic E-state index is 12.0. The van der Waals surface area contributed by atoms with Gasteiger partial charge >= 0.3 is 0 Å². The van der Waals surface area contributed by atoms with Gasteiger partial charge in [-0.3, -0.25) is 9.69 Å². The third kappa shape index (κ3) is 2.56. The van der Waals surface area contributed by atoms with Crippen LogP contribution in [0.1, 0.15) is 17.3 Å². The number of ether oxygens (including phenoxy) is 1. The van der Waals surface area contributed by atoms with Crippen LogP contribution >= 0.6 is 0 Å². The van der Waals surface area contributed by atoms with Crippen LogP contribution in [0.15, 0.2) is 18.2 Å². The third-order valence-corrected chi connectivity index (χ3v) is 3.24. The van der Waals surface area contributed by atoms with Gasteiger partial charge in [0.05, 0.1) is 18.8 Å². The molecule has 0 bridgehead atoms. The van der Waals surface area contributed by atoms with Crippen molar-refractivity contribution in [2.45, 2.75) is 13.0 Å². The molecule has 1 aliphatic rings. The molecule has 3 N–H and O–H groups in total. The van der Waals surface area contributed by atoms with Gasteiger partial charge in [-0.25, -0.2) is 0 Å². The van der Waals surface area contributed by atoms with E-state index < -0.39 is 0 Å². The Labute approximate surface area is 107 Å². The first-order chi connectivity index (χ1) is 8.63. The number of hydrogen-bond acceptors (Lipinski definition) is 4. The molecule has 1 aromatic carbocycles. The Bertz CT molecular complexity index is 442. The largest absolute Gasteiger partial charge is 0.495 e. The fourth-order valence-corrected chi connectivity index (χ4v) is 2.04. The Morgan fingerprint density at radius 1 is 1.56 bits per heavy atom. The van der Waals surface area contributed by atoms with Crippen molar-refractivity contribution in [3.63, 3.8) is 0 Å². The van der Waals surface area contributed by atoms with Crippen LogP contribution in [0, 0.1) is 0 Å². The monoisotopic (exact) mass is 249 g/mol. The molecular formula is C13H19N3O2. The second-order valence-electron chi connectivity index (χ2n) is 4.48. The first-order valence-corrected chi connectivity index (χ1v) is 6.10. The number of likely N-dealkylation sites (tertiary alicyclic amines) is 1. The molecule has 1 aromatic rings. The van der Waals surface area contributed by atoms with Gasteiger partial charge in [0, 0.05) is 18.7 Å². The third-order valence-electron chi connectivity index (χ3n) is 3.24. The molecule has 5 nitrogen and oxygen atoms in total. The molecule has 1 heterocycles. The molecule has 1 amide bonds. The van der Waals surface area contributed by atoms with Crippen LogP contribution in [-0.2, 0) is 0 Å². The van der Waals surface area contributed by atoms with E-state index >= 15 is 0 Å². The lowest BCUT2D eigenvalue weighted by Crippen LogP contribution is -2.58. The van der Waals surface area contributed by atoms with E-state index in [1.807, 2.05) is 0 Å². The zero-order valence-electron chi connectivity index (χ0n) is 10.8. The Balaban J connectivity index is 1.97. The minimum absolute atomic E-state index is 0.0750. The molecule has 1 fully saturated rings. The number of methoxy groups -OCH3 is 1. The summed E-state index contributed by atoms with van der Waals surface area (Å²) < 4.78 is 5.10. The number of likely N-dealkylation sites (N-methyl/N-ethyl adjacent to an activating group) is 1. The van der Waals surface area contributed by atoms with Crippen molar-refractivity contribution < 1.29 is 9.53 Å². The Hall–Kier alpha value is -1.75. The molecule has 2 rings (SSSR count). The fourth-order valence-electron chi connectivity index (χ4n) is 2.04. The van der Waals surface area contributed by atoms with Gasteiger partial charge in [0.1, 0.15) is 5.75 Å². The molecule has 18 heavy (non-hydrogen) atoms. The van der Waals surface area contributed by atoms with E-state index in [9.17, 15) is 4.79 Å². The SMILES string of the molecule is CCN1CC(NC(=O)c2ccc(N)c(OC)c2)C1. The van der Waals surface area contributed by atoms with Crippen LogP contribution in [0.25, 0.3) is 0 Å². The van der Waals surface area contributed by atoms with E-state index in [4.69, 9.17) is 10.5 Å². The summed E-state index contributed by atoms with van der Waals surface area (Å²) in [4.78, 5) is 14.3. The maximum atomic E-state index is 12.0. The zero-order chi connectivity index (χ0) is 13.1. The summed E-state index contributed by atoms with van der Waals surface area (Å²) in [5.74, 6) is 0.459. The summed E-state index contributed by atoms with van der Waals surface area (Å²) in [6.07, 6.45) is 0. The summed E-state index contributed by atoms with van der Waals surface area (Å²) in [7, 11) is 1.54. The quantitative estimate of drug-likeness (QED) is 0.771. The highest BCUT2D eigenvalue weighted by atomic mass is 16.5. The van der Waals surface area contributed by atoms with Crippen molar-refractivity contribution in [3.05, 3.63) is 23.8 Å². The average Bonchev–Trinajstić information content (AvgIpc) is 2.33. The predicted octanol–water partition coefficient (Wildman–Crippen LogP) is 0.711. The van der Waals surface area contributed by atoms with Gasteiger partial charge in [-0.1, -0.05) is 6.92 Å². The van der Waals surface area contributed by atoms with Gasteiger partial charge in [0.25, 0.3) is 5.91 Å². The number of benzene rings is 1. The molecule has 1 aliphatic heterocycles. The molecule has 0 spiro atoms. The molecular weight excluding hydrogens is 230 g/mol. The van der Waals surface area contributed by atoms with Crippen LogP contribution in [0.2, 0.25) is 0 Å². The second kappa shape index (κ2) is 5.27. The van der Waals surface area contributed by atoms with Crippen LogP contribution < -0.4 is 15.8 Å². The average molecular weight is 249 g/mol. The van der Waals surface area contributed by atoms with E-state index in [2.05, 4.69) is 17.1 Å². The number of nitrogens with two attached hydrogens (primary N) is 1. The number of nitrogens with zero attached hydrogens (tertiary/aromatic N) is 1. The first kappa shape index (κ1) is 12.7. The predicted molar refractivity (Wildman–Crippen MR) is 70.8 cm³/mol. The van der Waals surface area contributed by atoms with Crippen molar-refractivity contribution >= 4 is 11.6 Å². The number of carbonyl (C=O) groups excluding carboxylic acids is 1. The van der Waals surface area contributed by atoms with Crippen molar-refractivity contribution in [2.75, 3.05) is 32.5 Å². The van der Waals surface area contributed by atoms with Gasteiger partial charge in [-0.05, 0) is 24.7 Å². The lowest BCUT2D eigenvalue weighted by atomic mass is 10.1. The van der Waals surface area contributed by atoms with Gasteiger partial charge in [-0.2, -0.15) is 0 Å². The maximum Gasteiger partial charge on any atom is 0.251 e. The highest BCUT2D eigenvalue weighted by Crippen LogP contribution is 2.22. The van der Waals surface area contributed by atoms with E-state index in [1.54, 1.807) is 25.3 Å². The number of anilines is 1. The number of nitrogen functional groups attached to an aromatic ring is 1. The molecule has 98 valence electrons. The van der Waals surface area contributed by atoms with Crippen LogP contribution in [-0.4, -0.2) is 43.6 Å². The molecule has 0 unspecified atom stereocenters. The van der Waals surface area contributed by atoms with Crippen LogP contribution in [0.4, 0.5) is 5.69 Å². The summed E-state index contributed by atoms with van der Waals surface area (Å²) in [5, 5.41) is 2.99. The molecule has 5 heteroatoms. The minimum atomic E-state index is -0.0750. The van der Waals surface area contributed by atoms with Crippen LogP contribution in [0.5, 0.6) is 5.75 Å². The van der Waals surface area contributed by atoms with Gasteiger partial charge < -0.3 is 15.8 Å². The van der Waals surface area contributed by atoms with Crippen molar-refractivity contribution in [1.29, 1.82) is 0 Å². The number of rotatable bonds is 4. The summed E-state index contributed by atoms with van der Waals surface area (Å²) in [6.45, 7) is 4.99. The van der Waals surface area contributed by atoms with Gasteiger partial charge in [0.2, 0.25) is 0 Å². The standard InChI is InChI=1S/C13H19N3O2/c1-3-16-7-10(8-16)15-13(17)9-4-5-11(14)12(6-9)18-2/h4-6,10H,3,7-8,14H2,1-2H3,(H,15,17). The lowest BCUT2D eigenvalue weighted by molar-refractivity contribution is 0.0824. The van der Waals surface area contributed by atoms with Crippen LogP contribution in [0.3, 0.4) is 0 Å². The second-order valence-corrected chi connectivity index (χ2v) is 4.48. The van der Waals surface area contributed by atoms with Crippen molar-refractivity contribution in [3.8, 4) is 5.75 Å². The van der Waals surface area contributed by atoms with E-state index in [-0.39, 0.29) is 11.9 Å². The molecule has 0 radical (unpaired) electrons. The zero-order valence-corrected chi connectivity index (χ0v) is 10.8. The van der Waals surface area contributed by atoms with E-state index in [1.165, 1.54) is 0 Å². The summed E-state index contributed by atoms with van der Waals surface area (Å²) >= 11 is 0. The summed E-state index contributed by atoms with van der Waals surface area (Å²) in [5.41, 5.74) is 6.83. The smallest absolute Gasteiger partial charge is 0.251 e. The Morgan fingerprint density at radius 2 is 2.28 bits per heavy atom. The summed E-state index contributed by atoms with van der Waals surface area (Å²) in [6, 6.07) is 5.32. The van der Waals surface area contributed by atoms with Crippen molar-refractivity contribution in [1.82, 2.24) is 10.2 Å². The molecule has 0 aliphatic carbocycles. The van der Waals surface area contributed by atoms with E-state index in [0.717, 1.165) is 19.6 Å². The fraction of sp³-hybridized carbons (Fsp3) is 0.462. The molecule has 0 aromatic heterocycles. The number of hydrogen-bond donors (Lipinski definition) is 2. The van der Waals surface area contributed by atoms with E-state index in [0.29, 0.717) is 17.0 Å². The Kier molecular flexibility index (Phi) is 3.72. The molecule has 0 atom stereocenters. The highest BCUT2D eigenvalue weighted by molar-refractivity contribution is 5.95. The normalized spacial score (nSPS) is 16.1. The topological polar surface area (TPSA) is 67.6 Å². The minimum Gasteiger partial charge on any atom is -0.495 e. The molecule has 1 saturated heterocycles. The number of amides is 1. The van der Waals surface area contributed by atoms with Gasteiger partial charge in [-0.15, -0.1) is 0 Å². The van der Waals surface area contributed by atoms with Gasteiger partial charge in [0.15, 0.2) is 0 Å². The number of carbonyl (C=O) groups is 1. The number of nitrogens with one attached hydrogen (secondary N) is 1. The lowest BCUT2D eigenvalue weighted by Gasteiger charge is -2.38. The molecule has 0 saturated carbocycles.